The van der Waals surface area contributed by atoms with Gasteiger partial charge in [0.15, 0.2) is 25.2 Å². The van der Waals surface area contributed by atoms with E-state index in [0.29, 0.717) is 0 Å². The number of hydrogen-bond donors (Lipinski definition) is 14. The molecule has 20 atom stereocenters. The van der Waals surface area contributed by atoms with Crippen molar-refractivity contribution in [3.05, 3.63) is 0 Å². The number of ether oxygens (including phenoxy) is 7. The summed E-state index contributed by atoms with van der Waals surface area (Å²) in [6.07, 6.45) is -33.8. The van der Waals surface area contributed by atoms with Crippen molar-refractivity contribution < 1.29 is 104 Å². The molecule has 0 radical (unpaired) electrons. The summed E-state index contributed by atoms with van der Waals surface area (Å²) in [6.45, 7) is -2.41. The van der Waals surface area contributed by atoms with Gasteiger partial charge in [-0.1, -0.05) is 0 Å². The molecule has 280 valence electrons. The minimum Gasteiger partial charge on any atom is -0.394 e. The number of nitrogens with one attached hydrogen (secondary N) is 1. The molecule has 0 aromatic rings. The second-order valence-corrected chi connectivity index (χ2v) is 11.9. The van der Waals surface area contributed by atoms with Gasteiger partial charge >= 0.3 is 0 Å². The lowest BCUT2D eigenvalue weighted by Gasteiger charge is -2.50. The zero-order valence-corrected chi connectivity index (χ0v) is 25.5. The Kier molecular flexibility index (Phi) is 13.8. The molecule has 4 fully saturated rings. The van der Waals surface area contributed by atoms with Crippen LogP contribution in [0.25, 0.3) is 0 Å². The molecule has 0 spiro atoms. The molecule has 0 unspecified atom stereocenters. The Labute approximate surface area is 272 Å². The SMILES string of the molecule is CC(=O)N[C@H]1[C@H](O[C@H]2[C@@H](O)[C@@H](CO)O[C@@H](O[C@H]3[C@@H](O)[C@@H](O)[C@H](O)O[C@@H]3CO)[C@@H]2O)O[C@H](CO)[C@H](O)[C@@H]1O[C@@H]1O[C@H](CO)[C@H](O)[C@H](O)[C@H]1O. The van der Waals surface area contributed by atoms with Crippen molar-refractivity contribution in [3.8, 4) is 0 Å². The summed E-state index contributed by atoms with van der Waals surface area (Å²) in [7, 11) is 0. The van der Waals surface area contributed by atoms with Gasteiger partial charge in [-0.2, -0.15) is 0 Å². The minimum absolute atomic E-state index is 0.765. The molecule has 0 aromatic carbocycles. The first kappa shape index (κ1) is 39.5. The fraction of sp³-hybridized carbons (Fsp3) is 0.962. The number of carbonyl (C=O) groups is 1. The molecule has 0 saturated carbocycles. The van der Waals surface area contributed by atoms with Crippen LogP contribution in [0.2, 0.25) is 0 Å². The fourth-order valence-corrected chi connectivity index (χ4v) is 5.94. The Morgan fingerprint density at radius 2 is 0.958 bits per heavy atom. The number of aliphatic hydroxyl groups is 13. The number of hydrogen-bond acceptors (Lipinski definition) is 21. The molecule has 4 heterocycles. The molecule has 48 heavy (non-hydrogen) atoms. The molecule has 4 saturated heterocycles. The summed E-state index contributed by atoms with van der Waals surface area (Å²) in [5.74, 6) is -0.765. The summed E-state index contributed by atoms with van der Waals surface area (Å²) >= 11 is 0. The van der Waals surface area contributed by atoms with Crippen LogP contribution in [-0.4, -0.2) is 221 Å². The Morgan fingerprint density at radius 1 is 0.500 bits per heavy atom. The molecule has 0 aromatic heterocycles. The van der Waals surface area contributed by atoms with Crippen LogP contribution < -0.4 is 5.32 Å². The highest BCUT2D eigenvalue weighted by molar-refractivity contribution is 5.73. The van der Waals surface area contributed by atoms with Crippen molar-refractivity contribution in [1.82, 2.24) is 5.32 Å². The lowest BCUT2D eigenvalue weighted by Crippen LogP contribution is -2.70. The molecule has 14 N–H and O–H groups in total. The van der Waals surface area contributed by atoms with Crippen molar-refractivity contribution in [2.45, 2.75) is 130 Å². The number of amides is 1. The van der Waals surface area contributed by atoms with E-state index in [1.807, 2.05) is 0 Å². The van der Waals surface area contributed by atoms with Gasteiger partial charge in [-0.15, -0.1) is 0 Å². The van der Waals surface area contributed by atoms with Gasteiger partial charge in [-0.25, -0.2) is 0 Å². The molecule has 22 heteroatoms. The van der Waals surface area contributed by atoms with Crippen molar-refractivity contribution in [3.63, 3.8) is 0 Å². The van der Waals surface area contributed by atoms with Gasteiger partial charge in [0.25, 0.3) is 0 Å². The highest BCUT2D eigenvalue weighted by atomic mass is 16.8. The van der Waals surface area contributed by atoms with E-state index in [4.69, 9.17) is 33.2 Å². The summed E-state index contributed by atoms with van der Waals surface area (Å²) in [5.41, 5.74) is 0. The van der Waals surface area contributed by atoms with Crippen LogP contribution in [0.4, 0.5) is 0 Å². The van der Waals surface area contributed by atoms with E-state index in [2.05, 4.69) is 5.32 Å². The number of rotatable bonds is 11. The van der Waals surface area contributed by atoms with Gasteiger partial charge in [-0.05, 0) is 0 Å². The van der Waals surface area contributed by atoms with Gasteiger partial charge in [0, 0.05) is 6.92 Å². The second kappa shape index (κ2) is 16.8. The highest BCUT2D eigenvalue weighted by Crippen LogP contribution is 2.34. The molecule has 22 nitrogen and oxygen atoms in total. The monoisotopic (exact) mass is 707 g/mol. The summed E-state index contributed by atoms with van der Waals surface area (Å²) < 4.78 is 38.7. The largest absolute Gasteiger partial charge is 0.394 e. The number of aliphatic hydroxyl groups excluding tert-OH is 13. The molecule has 4 aliphatic rings. The minimum atomic E-state index is -2.04. The zero-order chi connectivity index (χ0) is 35.6. The third-order valence-electron chi connectivity index (χ3n) is 8.61. The molecule has 4 aliphatic heterocycles. The molecule has 1 amide bonds. The standard InChI is InChI=1S/C26H45NO21/c1-6(32)27-11-21(47-25-18(39)15(36)12(33)7(2-28)44-25)13(34)8(3-29)43-24(11)48-22-14(35)9(4-30)45-26(19(22)40)46-20-10(5-31)42-23(41)17(38)16(20)37/h7-26,28-31,33-41H,2-5H2,1H3,(H,27,32)/t7-,8-,9-,10-,11-,12+,13+,14+,15+,16+,17-,18-,19-,20-,21-,22+,23-,24+,25+,26+/m1/s1. The van der Waals surface area contributed by atoms with Crippen LogP contribution in [0.1, 0.15) is 6.92 Å². The van der Waals surface area contributed by atoms with Crippen molar-refractivity contribution >= 4 is 5.91 Å². The highest BCUT2D eigenvalue weighted by Gasteiger charge is 2.55. The van der Waals surface area contributed by atoms with Gasteiger partial charge < -0.3 is 105 Å². The molecule has 0 aliphatic carbocycles. The third-order valence-corrected chi connectivity index (χ3v) is 8.61. The van der Waals surface area contributed by atoms with Crippen LogP contribution in [0.15, 0.2) is 0 Å². The summed E-state index contributed by atoms with van der Waals surface area (Å²) in [6, 6.07) is -1.61. The lowest BCUT2D eigenvalue weighted by molar-refractivity contribution is -0.379. The topological polar surface area (TPSA) is 357 Å². The van der Waals surface area contributed by atoms with Crippen LogP contribution >= 0.6 is 0 Å². The van der Waals surface area contributed by atoms with E-state index in [9.17, 15) is 71.2 Å². The van der Waals surface area contributed by atoms with E-state index in [1.165, 1.54) is 0 Å². The first-order valence-electron chi connectivity index (χ1n) is 15.1. The van der Waals surface area contributed by atoms with Crippen LogP contribution in [0.5, 0.6) is 0 Å². The fourth-order valence-electron chi connectivity index (χ4n) is 5.94. The average Bonchev–Trinajstić information content (AvgIpc) is 3.06. The average molecular weight is 708 g/mol. The maximum atomic E-state index is 12.3. The van der Waals surface area contributed by atoms with Crippen molar-refractivity contribution in [2.24, 2.45) is 0 Å². The maximum Gasteiger partial charge on any atom is 0.217 e. The normalized spacial score (nSPS) is 50.2. The Bertz CT molecular complexity index is 1030. The molecular weight excluding hydrogens is 662 g/mol. The van der Waals surface area contributed by atoms with Gasteiger partial charge in [-0.3, -0.25) is 4.79 Å². The predicted octanol–water partition coefficient (Wildman–Crippen LogP) is -9.61. The van der Waals surface area contributed by atoms with E-state index >= 15 is 0 Å². The first-order valence-corrected chi connectivity index (χ1v) is 15.1. The van der Waals surface area contributed by atoms with E-state index in [0.717, 1.165) is 6.92 Å². The lowest BCUT2D eigenvalue weighted by atomic mass is 9.94. The van der Waals surface area contributed by atoms with E-state index < -0.39 is 155 Å². The number of carbonyl (C=O) groups excluding carboxylic acids is 1. The van der Waals surface area contributed by atoms with Gasteiger partial charge in [0.2, 0.25) is 5.91 Å². The zero-order valence-electron chi connectivity index (χ0n) is 25.5. The predicted molar refractivity (Wildman–Crippen MR) is 145 cm³/mol. The quantitative estimate of drug-likeness (QED) is 0.0947. The maximum absolute atomic E-state index is 12.3. The van der Waals surface area contributed by atoms with Crippen molar-refractivity contribution in [2.75, 3.05) is 26.4 Å². The molecular formula is C26H45NO21. The van der Waals surface area contributed by atoms with E-state index in [1.54, 1.807) is 0 Å². The summed E-state index contributed by atoms with van der Waals surface area (Å²) in [5, 5.41) is 136. The van der Waals surface area contributed by atoms with E-state index in [-0.39, 0.29) is 0 Å². The smallest absolute Gasteiger partial charge is 0.217 e. The molecule has 4 rings (SSSR count). The summed E-state index contributed by atoms with van der Waals surface area (Å²) in [4.78, 5) is 12.3. The van der Waals surface area contributed by atoms with Gasteiger partial charge in [0.1, 0.15) is 97.6 Å². The Morgan fingerprint density at radius 3 is 1.50 bits per heavy atom. The van der Waals surface area contributed by atoms with Crippen molar-refractivity contribution in [1.29, 1.82) is 0 Å². The third kappa shape index (κ3) is 8.08. The Hall–Kier alpha value is -1.33. The van der Waals surface area contributed by atoms with Crippen LogP contribution in [0, 0.1) is 0 Å². The molecule has 0 bridgehead atoms. The van der Waals surface area contributed by atoms with Crippen LogP contribution in [-0.2, 0) is 38.0 Å². The van der Waals surface area contributed by atoms with Gasteiger partial charge in [0.05, 0.1) is 26.4 Å². The second-order valence-electron chi connectivity index (χ2n) is 11.9. The van der Waals surface area contributed by atoms with Crippen LogP contribution in [0.3, 0.4) is 0 Å². The first-order chi connectivity index (χ1) is 22.7. The Balaban J connectivity index is 1.61.